The Kier molecular flexibility index (Phi) is 5.99. The lowest BCUT2D eigenvalue weighted by atomic mass is 10.1. The van der Waals surface area contributed by atoms with Gasteiger partial charge in [0, 0.05) is 11.8 Å². The van der Waals surface area contributed by atoms with Gasteiger partial charge in [-0.25, -0.2) is 0 Å². The van der Waals surface area contributed by atoms with Crippen molar-refractivity contribution in [1.82, 2.24) is 5.32 Å². The molecule has 0 spiro atoms. The lowest BCUT2D eigenvalue weighted by Crippen LogP contribution is -2.17. The van der Waals surface area contributed by atoms with E-state index in [0.717, 1.165) is 18.7 Å². The normalized spacial score (nSPS) is 12.1. The molecule has 0 heterocycles. The molecule has 1 rings (SSSR count). The second-order valence-corrected chi connectivity index (χ2v) is 5.10. The summed E-state index contributed by atoms with van der Waals surface area (Å²) in [6.07, 6.45) is 3.34. The average Bonchev–Trinajstić information content (AvgIpc) is 2.35. The monoisotopic (exact) mass is 234 g/mol. The number of nitriles is 1. The molecule has 1 N–H and O–H groups in total. The predicted molar refractivity (Wildman–Crippen MR) is 70.5 cm³/mol. The van der Waals surface area contributed by atoms with Crippen LogP contribution in [0.15, 0.2) is 24.3 Å². The van der Waals surface area contributed by atoms with Gasteiger partial charge >= 0.3 is 0 Å². The van der Waals surface area contributed by atoms with Crippen molar-refractivity contribution < 1.29 is 0 Å². The Morgan fingerprint density at radius 3 is 2.62 bits per heavy atom. The molecule has 3 heteroatoms. The van der Waals surface area contributed by atoms with E-state index < -0.39 is 0 Å². The summed E-state index contributed by atoms with van der Waals surface area (Å²) in [6.45, 7) is 4.17. The highest BCUT2D eigenvalue weighted by Crippen LogP contribution is 2.08. The maximum Gasteiger partial charge on any atom is 0.0991 e. The topological polar surface area (TPSA) is 35.8 Å². The van der Waals surface area contributed by atoms with E-state index in [9.17, 15) is 0 Å². The van der Waals surface area contributed by atoms with Crippen LogP contribution in [0.5, 0.6) is 0 Å². The first-order chi connectivity index (χ1) is 7.76. The maximum atomic E-state index is 8.66. The van der Waals surface area contributed by atoms with E-state index in [1.807, 2.05) is 36.0 Å². The van der Waals surface area contributed by atoms with Crippen molar-refractivity contribution in [1.29, 1.82) is 5.26 Å². The van der Waals surface area contributed by atoms with E-state index in [0.29, 0.717) is 5.25 Å². The number of hydrogen-bond donors (Lipinski definition) is 1. The average molecular weight is 234 g/mol. The van der Waals surface area contributed by atoms with Gasteiger partial charge in [-0.3, -0.25) is 0 Å². The molecular weight excluding hydrogens is 216 g/mol. The summed E-state index contributed by atoms with van der Waals surface area (Å²) in [5.41, 5.74) is 1.95. The largest absolute Gasteiger partial charge is 0.313 e. The fourth-order valence-corrected chi connectivity index (χ4v) is 1.71. The molecule has 0 aliphatic heterocycles. The van der Waals surface area contributed by atoms with Crippen molar-refractivity contribution in [3.8, 4) is 6.07 Å². The van der Waals surface area contributed by atoms with Gasteiger partial charge in [-0.05, 0) is 36.9 Å². The summed E-state index contributed by atoms with van der Waals surface area (Å²) in [5.74, 6) is 0. The lowest BCUT2D eigenvalue weighted by Gasteiger charge is -2.09. The molecule has 0 aliphatic carbocycles. The number of benzene rings is 1. The molecule has 0 aliphatic rings. The SMILES string of the molecule is CSC(C)CCNCc1ccc(C#N)cc1. The maximum absolute atomic E-state index is 8.66. The van der Waals surface area contributed by atoms with Crippen LogP contribution in [0.2, 0.25) is 0 Å². The van der Waals surface area contributed by atoms with Crippen molar-refractivity contribution in [2.45, 2.75) is 25.1 Å². The minimum absolute atomic E-state index is 0.716. The Morgan fingerprint density at radius 2 is 2.06 bits per heavy atom. The van der Waals surface area contributed by atoms with Gasteiger partial charge in [0.2, 0.25) is 0 Å². The van der Waals surface area contributed by atoms with Crippen molar-refractivity contribution in [3.05, 3.63) is 35.4 Å². The van der Waals surface area contributed by atoms with Gasteiger partial charge in [-0.2, -0.15) is 17.0 Å². The summed E-state index contributed by atoms with van der Waals surface area (Å²) >= 11 is 1.90. The third-order valence-corrected chi connectivity index (χ3v) is 3.58. The third-order valence-electron chi connectivity index (χ3n) is 2.54. The summed E-state index contributed by atoms with van der Waals surface area (Å²) in [5, 5.41) is 12.8. The quantitative estimate of drug-likeness (QED) is 0.769. The number of hydrogen-bond acceptors (Lipinski definition) is 3. The van der Waals surface area contributed by atoms with Crippen LogP contribution in [0.1, 0.15) is 24.5 Å². The highest BCUT2D eigenvalue weighted by Gasteiger charge is 1.98. The Bertz CT molecular complexity index is 340. The van der Waals surface area contributed by atoms with E-state index in [1.54, 1.807) is 0 Å². The number of thioether (sulfide) groups is 1. The van der Waals surface area contributed by atoms with Crippen LogP contribution < -0.4 is 5.32 Å². The van der Waals surface area contributed by atoms with E-state index in [4.69, 9.17) is 5.26 Å². The molecule has 0 saturated heterocycles. The van der Waals surface area contributed by atoms with Crippen LogP contribution in [-0.4, -0.2) is 18.1 Å². The van der Waals surface area contributed by atoms with E-state index in [1.165, 1.54) is 12.0 Å². The van der Waals surface area contributed by atoms with Gasteiger partial charge in [-0.1, -0.05) is 19.1 Å². The van der Waals surface area contributed by atoms with Crippen molar-refractivity contribution >= 4 is 11.8 Å². The zero-order valence-electron chi connectivity index (χ0n) is 9.86. The molecule has 2 nitrogen and oxygen atoms in total. The van der Waals surface area contributed by atoms with Crippen LogP contribution in [0.4, 0.5) is 0 Å². The first-order valence-corrected chi connectivity index (χ1v) is 6.77. The molecule has 0 fully saturated rings. The molecule has 1 aromatic rings. The lowest BCUT2D eigenvalue weighted by molar-refractivity contribution is 0.648. The van der Waals surface area contributed by atoms with Crippen LogP contribution >= 0.6 is 11.8 Å². The first-order valence-electron chi connectivity index (χ1n) is 5.49. The van der Waals surface area contributed by atoms with E-state index in [-0.39, 0.29) is 0 Å². The molecule has 1 unspecified atom stereocenters. The highest BCUT2D eigenvalue weighted by atomic mass is 32.2. The predicted octanol–water partition coefficient (Wildman–Crippen LogP) is 2.79. The minimum atomic E-state index is 0.716. The summed E-state index contributed by atoms with van der Waals surface area (Å²) in [7, 11) is 0. The zero-order chi connectivity index (χ0) is 11.8. The fourth-order valence-electron chi connectivity index (χ4n) is 1.35. The molecule has 0 bridgehead atoms. The van der Waals surface area contributed by atoms with E-state index >= 15 is 0 Å². The second-order valence-electron chi connectivity index (χ2n) is 3.82. The number of rotatable bonds is 6. The van der Waals surface area contributed by atoms with Crippen molar-refractivity contribution in [2.24, 2.45) is 0 Å². The third kappa shape index (κ3) is 4.69. The molecule has 0 saturated carbocycles. The standard InChI is InChI=1S/C13H18N2S/c1-11(16-2)7-8-15-10-13-5-3-12(9-14)4-6-13/h3-6,11,15H,7-8,10H2,1-2H3. The summed E-state index contributed by atoms with van der Waals surface area (Å²) in [4.78, 5) is 0. The number of nitrogens with one attached hydrogen (secondary N) is 1. The van der Waals surface area contributed by atoms with Gasteiger partial charge in [0.1, 0.15) is 0 Å². The summed E-state index contributed by atoms with van der Waals surface area (Å²) in [6, 6.07) is 9.85. The zero-order valence-corrected chi connectivity index (χ0v) is 10.7. The molecule has 1 aromatic carbocycles. The molecule has 86 valence electrons. The van der Waals surface area contributed by atoms with E-state index in [2.05, 4.69) is 24.6 Å². The van der Waals surface area contributed by atoms with Crippen molar-refractivity contribution in [3.63, 3.8) is 0 Å². The fraction of sp³-hybridized carbons (Fsp3) is 0.462. The molecular formula is C13H18N2S. The number of nitrogens with zero attached hydrogens (tertiary/aromatic N) is 1. The van der Waals surface area contributed by atoms with Crippen LogP contribution in [0.25, 0.3) is 0 Å². The Labute approximate surface area is 102 Å². The van der Waals surface area contributed by atoms with Crippen LogP contribution in [0.3, 0.4) is 0 Å². The van der Waals surface area contributed by atoms with Crippen LogP contribution in [0, 0.1) is 11.3 Å². The molecule has 0 amide bonds. The first kappa shape index (κ1) is 13.1. The van der Waals surface area contributed by atoms with Gasteiger partial charge in [0.15, 0.2) is 0 Å². The van der Waals surface area contributed by atoms with Gasteiger partial charge < -0.3 is 5.32 Å². The highest BCUT2D eigenvalue weighted by molar-refractivity contribution is 7.99. The second kappa shape index (κ2) is 7.32. The smallest absolute Gasteiger partial charge is 0.0991 e. The Balaban J connectivity index is 2.25. The Morgan fingerprint density at radius 1 is 1.38 bits per heavy atom. The Hall–Kier alpha value is -0.980. The van der Waals surface area contributed by atoms with Gasteiger partial charge in [0.05, 0.1) is 11.6 Å². The van der Waals surface area contributed by atoms with Gasteiger partial charge in [-0.15, -0.1) is 0 Å². The minimum Gasteiger partial charge on any atom is -0.313 e. The van der Waals surface area contributed by atoms with Crippen LogP contribution in [-0.2, 0) is 6.54 Å². The van der Waals surface area contributed by atoms with Crippen molar-refractivity contribution in [2.75, 3.05) is 12.8 Å². The molecule has 0 aromatic heterocycles. The van der Waals surface area contributed by atoms with Gasteiger partial charge in [0.25, 0.3) is 0 Å². The summed E-state index contributed by atoms with van der Waals surface area (Å²) < 4.78 is 0. The molecule has 0 radical (unpaired) electrons. The molecule has 1 atom stereocenters. The molecule has 16 heavy (non-hydrogen) atoms.